The minimum Gasteiger partial charge on any atom is -0.373 e. The molecule has 130 heavy (non-hydrogen) atoms. The van der Waals surface area contributed by atoms with Gasteiger partial charge in [0.25, 0.3) is 45.9 Å². The maximum atomic E-state index is 14.2. The van der Waals surface area contributed by atoms with Gasteiger partial charge in [0.1, 0.15) is 122 Å². The number of aromatic nitrogens is 21. The van der Waals surface area contributed by atoms with Crippen molar-refractivity contribution in [3.8, 4) is 23.3 Å². The van der Waals surface area contributed by atoms with E-state index in [4.69, 9.17) is 20.6 Å². The molecule has 16 heterocycles. The predicted octanol–water partition coefficient (Wildman–Crippen LogP) is 7.95. The summed E-state index contributed by atoms with van der Waals surface area (Å²) in [6.45, 7) is 5.28. The number of hydrogen-bond acceptors (Lipinski definition) is 31. The lowest BCUT2D eigenvalue weighted by atomic mass is 10.3. The van der Waals surface area contributed by atoms with Crippen molar-refractivity contribution in [2.45, 2.75) is 95.6 Å². The largest absolute Gasteiger partial charge is 0.373 e. The van der Waals surface area contributed by atoms with E-state index in [0.717, 1.165) is 17.4 Å². The summed E-state index contributed by atoms with van der Waals surface area (Å²) in [4.78, 5) is 124. The van der Waals surface area contributed by atoms with Crippen molar-refractivity contribution in [2.75, 3.05) is 70.7 Å². The average molecular weight is 1800 g/mol. The first-order valence-corrected chi connectivity index (χ1v) is 40.5. The quantitative estimate of drug-likeness (QED) is 0.0255. The lowest BCUT2D eigenvalue weighted by molar-refractivity contribution is 0.0940. The molecule has 4 aliphatic carbocycles. The van der Waals surface area contributed by atoms with E-state index >= 15 is 0 Å². The number of carbonyl (C=O) groups is 4. The molecule has 20 rings (SSSR count). The molecule has 4 saturated carbocycles. The molecule has 16 aromatic rings. The van der Waals surface area contributed by atoms with Gasteiger partial charge in [0.05, 0.1) is 53.6 Å². The van der Waals surface area contributed by atoms with E-state index < -0.39 is 71.3 Å². The smallest absolute Gasteiger partial charge is 0.280 e. The van der Waals surface area contributed by atoms with Crippen molar-refractivity contribution in [2.24, 2.45) is 0 Å². The Morgan fingerprint density at radius 2 is 0.792 bits per heavy atom. The number of anilines is 12. The van der Waals surface area contributed by atoms with Crippen molar-refractivity contribution in [3.05, 3.63) is 251 Å². The second-order valence-electron chi connectivity index (χ2n) is 30.0. The molecule has 0 spiro atoms. The topological polar surface area (TPSA) is 512 Å². The lowest BCUT2D eigenvalue weighted by Crippen LogP contribution is -2.27. The summed E-state index contributed by atoms with van der Waals surface area (Å²) in [7, 11) is 6.78. The average Bonchev–Trinajstić information content (AvgIpc) is 1.62. The van der Waals surface area contributed by atoms with Gasteiger partial charge in [-0.05, 0) is 100 Å². The molecule has 0 radical (unpaired) electrons. The highest BCUT2D eigenvalue weighted by Crippen LogP contribution is 2.32. The van der Waals surface area contributed by atoms with E-state index in [1.54, 1.807) is 145 Å². The van der Waals surface area contributed by atoms with Crippen LogP contribution in [0.15, 0.2) is 187 Å². The number of halogens is 5. The van der Waals surface area contributed by atoms with Crippen LogP contribution in [0.5, 0.6) is 0 Å². The molecule has 0 saturated heterocycles. The number of rotatable bonds is 24. The predicted molar refractivity (Wildman–Crippen MR) is 467 cm³/mol. The van der Waals surface area contributed by atoms with Crippen LogP contribution in [0.25, 0.3) is 45.9 Å². The third-order valence-electron chi connectivity index (χ3n) is 20.5. The first-order chi connectivity index (χ1) is 62.8. The first kappa shape index (κ1) is 85.4. The number of hydrogen-bond donors (Lipinski definition) is 12. The summed E-state index contributed by atoms with van der Waals surface area (Å²) in [5.41, 5.74) is 1.86. The monoisotopic (exact) mass is 1790 g/mol. The molecule has 4 aliphatic rings. The first-order valence-electron chi connectivity index (χ1n) is 40.1. The Kier molecular flexibility index (Phi) is 23.4. The fraction of sp³-hybridized carbons (Fsp3) is 0.232. The Hall–Kier alpha value is -16.8. The number of nitrogens with one attached hydrogen (secondary N) is 12. The summed E-state index contributed by atoms with van der Waals surface area (Å²) in [5.74, 6) is 3.18. The maximum Gasteiger partial charge on any atom is 0.280 e. The van der Waals surface area contributed by atoms with Crippen molar-refractivity contribution in [3.63, 3.8) is 0 Å². The van der Waals surface area contributed by atoms with E-state index in [9.17, 15) is 55.9 Å². The Morgan fingerprint density at radius 1 is 0.431 bits per heavy atom. The summed E-state index contributed by atoms with van der Waals surface area (Å²) in [6, 6.07) is 25.9. The van der Waals surface area contributed by atoms with Gasteiger partial charge in [-0.25, -0.2) is 42.5 Å². The third-order valence-corrected chi connectivity index (χ3v) is 20.7. The normalized spacial score (nSPS) is 16.2. The Morgan fingerprint density at radius 3 is 1.13 bits per heavy atom. The molecule has 0 bridgehead atoms. The molecule has 16 aromatic heterocycles. The van der Waals surface area contributed by atoms with Crippen LogP contribution >= 0.6 is 11.6 Å². The van der Waals surface area contributed by atoms with Crippen molar-refractivity contribution in [1.29, 1.82) is 0 Å². The fourth-order valence-corrected chi connectivity index (χ4v) is 13.5. The second-order valence-corrected chi connectivity index (χ2v) is 30.4. The van der Waals surface area contributed by atoms with Crippen LogP contribution in [0.1, 0.15) is 90.8 Å². The van der Waals surface area contributed by atoms with Crippen molar-refractivity contribution >= 4 is 127 Å². The summed E-state index contributed by atoms with van der Waals surface area (Å²) in [6.07, 6.45) is 12.7. The second kappa shape index (κ2) is 35.7. The van der Waals surface area contributed by atoms with Crippen LogP contribution in [0.3, 0.4) is 0 Å². The molecular weight excluding hydrogens is 1720 g/mol. The molecule has 43 nitrogen and oxygen atoms in total. The minimum atomic E-state index is -1.04. The molecule has 0 aromatic carbocycles. The third kappa shape index (κ3) is 18.1. The maximum absolute atomic E-state index is 14.2. The highest BCUT2D eigenvalue weighted by atomic mass is 35.5. The number of carbonyl (C=O) groups excluding carboxylic acids is 4. The van der Waals surface area contributed by atoms with Crippen LogP contribution in [-0.2, 0) is 0 Å². The van der Waals surface area contributed by atoms with Gasteiger partial charge in [-0.2, -0.15) is 43.6 Å². The standard InChI is InChI=1S/C21H19ClFN9O2.C21H18F2N8O2.C20H19FN8O3.C20H20N8O3/c1-10-3-4-17(30-29-10)31-9-11(22)5-15(21(31)34)26-16-7-18(24-2)32-19(28-16)12(8-25-32)20(33)27-14-6-13(14)23;1-24-17-9-16(29-18-11(10-26-31(17)18)20(32)28-15-8-13(15)23)27-14-5-3-7-30(21(14)33)19-12(22)4-2-6-25-19;1-10-6-17(27-32-10)28-5-3-4-13(20(28)31)24-15-8-16(22-2)29-18(26-15)11(9-23-29)19(30)25-14-7-12(14)21;1-11-8-17(26-31-11)27-7-3-4-14(20(27)30)24-15-9-16(21-2)28-18(25-15)13(10-22-28)19(29)23-12-5-6-12/h3-5,7-9,13-14,24H,6H2,1-2H3,(H,26,28)(H,27,33);2-7,9-10,13,15,24H,8H2,1H3,(H,27,29)(H,28,32);3-6,8-9,12,14,22H,7H2,1-2H3,(H,24,26)(H,25,30);3-4,7-10,12,21H,5-6H2,1-2H3,(H,23,29)(H,24,25)/t13-,14+;13-,15+;12-,14+;/m111./s1. The van der Waals surface area contributed by atoms with Gasteiger partial charge in [0.15, 0.2) is 51.7 Å². The number of alkyl halides is 3. The molecule has 12 N–H and O–H groups in total. The van der Waals surface area contributed by atoms with E-state index in [1.807, 2.05) is 0 Å². The molecule has 664 valence electrons. The molecule has 4 amide bonds. The lowest BCUT2D eigenvalue weighted by Gasteiger charge is -2.12. The van der Waals surface area contributed by atoms with Gasteiger partial charge in [-0.15, -0.1) is 5.10 Å². The van der Waals surface area contributed by atoms with Gasteiger partial charge in [0, 0.05) is 121 Å². The summed E-state index contributed by atoms with van der Waals surface area (Å²) in [5, 5.41) is 67.6. The molecule has 4 fully saturated rings. The Bertz CT molecular complexity index is 7360. The minimum absolute atomic E-state index is 0.116. The zero-order valence-electron chi connectivity index (χ0n) is 69.5. The van der Waals surface area contributed by atoms with Crippen LogP contribution in [0.2, 0.25) is 5.02 Å². The van der Waals surface area contributed by atoms with Crippen LogP contribution < -0.4 is 86.0 Å². The van der Waals surface area contributed by atoms with Crippen LogP contribution in [0, 0.1) is 26.6 Å². The molecular formula is C82H76ClF4N33O10. The van der Waals surface area contributed by atoms with Gasteiger partial charge < -0.3 is 72.8 Å². The number of nitrogens with zero attached hydrogens (tertiary/aromatic N) is 21. The van der Waals surface area contributed by atoms with E-state index in [2.05, 4.69) is 130 Å². The summed E-state index contributed by atoms with van der Waals surface area (Å²) >= 11 is 6.26. The van der Waals surface area contributed by atoms with E-state index in [-0.39, 0.29) is 103 Å². The van der Waals surface area contributed by atoms with E-state index in [0.29, 0.717) is 99.3 Å². The molecule has 48 heteroatoms. The Balaban J connectivity index is 0.000000122. The van der Waals surface area contributed by atoms with E-state index in [1.165, 1.54) is 94.9 Å². The van der Waals surface area contributed by atoms with Gasteiger partial charge >= 0.3 is 0 Å². The van der Waals surface area contributed by atoms with Gasteiger partial charge in [-0.3, -0.25) is 56.6 Å². The zero-order valence-corrected chi connectivity index (χ0v) is 70.2. The van der Waals surface area contributed by atoms with Gasteiger partial charge in [-0.1, -0.05) is 21.9 Å². The SMILES string of the molecule is CNc1cc(Nc2cc(Cl)cn(-c3ccc(C)nn3)c2=O)nc2c(C(=O)N[C@H]3C[C@H]3F)cnn12.CNc1cc(Nc2cccn(-c3cc(C)on3)c2=O)nc2c(C(=O)NC3CC3)cnn12.CNc1cc(Nc2cccn(-c3cc(C)on3)c2=O)nc2c(C(=O)N[C@H]3C[C@H]3F)cnn12.CNc1cc(Nc2cccn(-c3ncccc3F)c2=O)nc2c(C(=O)N[C@H]3C[C@H]3F)cnn12. The van der Waals surface area contributed by atoms with Crippen molar-refractivity contribution < 1.29 is 45.8 Å². The summed E-state index contributed by atoms with van der Waals surface area (Å²) < 4.78 is 74.9. The number of pyridine rings is 5. The zero-order chi connectivity index (χ0) is 91.0. The fourth-order valence-electron chi connectivity index (χ4n) is 13.3. The Labute approximate surface area is 733 Å². The van der Waals surface area contributed by atoms with Crippen LogP contribution in [-0.4, -0.2) is 197 Å². The highest BCUT2D eigenvalue weighted by molar-refractivity contribution is 6.30. The highest BCUT2D eigenvalue weighted by Gasteiger charge is 2.42. The molecule has 0 aliphatic heterocycles. The number of amides is 4. The number of aryl methyl sites for hydroxylation is 3. The molecule has 0 unspecified atom stereocenters. The number of fused-ring (bicyclic) bond motifs is 4. The van der Waals surface area contributed by atoms with Crippen LogP contribution in [0.4, 0.5) is 86.9 Å². The van der Waals surface area contributed by atoms with Crippen molar-refractivity contribution in [1.82, 2.24) is 123 Å². The van der Waals surface area contributed by atoms with Gasteiger partial charge in [0.2, 0.25) is 0 Å². The molecule has 6 atom stereocenters.